The first-order chi connectivity index (χ1) is 24.1. The Balaban J connectivity index is 1.45. The van der Waals surface area contributed by atoms with Crippen LogP contribution in [-0.2, 0) is 28.7 Å². The third kappa shape index (κ3) is 6.39. The highest BCUT2D eigenvalue weighted by molar-refractivity contribution is 6.06. The van der Waals surface area contributed by atoms with Gasteiger partial charge in [0.2, 0.25) is 11.8 Å². The summed E-state index contributed by atoms with van der Waals surface area (Å²) in [6.45, 7) is 6.44. The summed E-state index contributed by atoms with van der Waals surface area (Å²) in [5.74, 6) is -3.18. The lowest BCUT2D eigenvalue weighted by Crippen LogP contribution is -2.56. The second-order valence-electron chi connectivity index (χ2n) is 14.1. The standard InChI is InChI=1S/C40H49N3O7/c1-26-16-15-17-27(2)34(26)42-23-13-8-11-20-31(45)41(4)28(3)35(29-18-9-7-10-19-29)49-39(48)32-30-21-22-40(50-30)33(32)37(46)43(36(40)38(42)47)24-12-5-6-14-25-44/h7-10,13,15-19,21-22,28,30,32-33,35-36,44H,5-6,11-12,14,20,23-25H2,1-4H3/b13-8-/t28-,30+,32-,33-,35+,36+,40-/m0/s1. The Kier molecular flexibility index (Phi) is 10.6. The number of aliphatic hydroxyl groups excluding tert-OH is 1. The number of likely N-dealkylation sites (N-methyl/N-ethyl adjacent to an activating group) is 1. The topological polar surface area (TPSA) is 117 Å². The molecule has 2 aromatic carbocycles. The highest BCUT2D eigenvalue weighted by atomic mass is 16.6. The lowest BCUT2D eigenvalue weighted by atomic mass is 9.74. The Morgan fingerprint density at radius 2 is 1.62 bits per heavy atom. The van der Waals surface area contributed by atoms with Gasteiger partial charge in [0.15, 0.2) is 0 Å². The molecule has 266 valence electrons. The predicted octanol–water partition coefficient (Wildman–Crippen LogP) is 4.82. The van der Waals surface area contributed by atoms with E-state index in [4.69, 9.17) is 9.47 Å². The summed E-state index contributed by atoms with van der Waals surface area (Å²) in [7, 11) is 1.72. The van der Waals surface area contributed by atoms with Crippen molar-refractivity contribution in [3.05, 3.63) is 89.5 Å². The number of nitrogens with zero attached hydrogens (tertiary/aromatic N) is 3. The Hall–Kier alpha value is -4.28. The van der Waals surface area contributed by atoms with Crippen molar-refractivity contribution in [1.29, 1.82) is 0 Å². The summed E-state index contributed by atoms with van der Waals surface area (Å²) in [4.78, 5) is 62.6. The fourth-order valence-electron chi connectivity index (χ4n) is 8.28. The number of benzene rings is 2. The average molecular weight is 684 g/mol. The van der Waals surface area contributed by atoms with E-state index in [9.17, 15) is 19.5 Å². The number of likely N-dealkylation sites (tertiary alicyclic amines) is 1. The van der Waals surface area contributed by atoms with Gasteiger partial charge in [-0.1, -0.05) is 85.7 Å². The monoisotopic (exact) mass is 683 g/mol. The lowest BCUT2D eigenvalue weighted by molar-refractivity contribution is -0.164. The van der Waals surface area contributed by atoms with E-state index in [0.717, 1.165) is 35.2 Å². The van der Waals surface area contributed by atoms with Gasteiger partial charge in [0.1, 0.15) is 23.7 Å². The zero-order chi connectivity index (χ0) is 35.6. The summed E-state index contributed by atoms with van der Waals surface area (Å²) >= 11 is 0. The maximum absolute atomic E-state index is 15.1. The van der Waals surface area contributed by atoms with E-state index in [1.165, 1.54) is 0 Å². The van der Waals surface area contributed by atoms with E-state index in [0.29, 0.717) is 25.8 Å². The normalized spacial score (nSPS) is 30.6. The molecule has 0 aliphatic carbocycles. The van der Waals surface area contributed by atoms with Crippen molar-refractivity contribution in [2.75, 3.05) is 31.6 Å². The molecule has 2 saturated heterocycles. The van der Waals surface area contributed by atoms with E-state index in [1.54, 1.807) is 27.8 Å². The minimum absolute atomic E-state index is 0.0971. The van der Waals surface area contributed by atoms with Crippen LogP contribution in [-0.4, -0.2) is 89.1 Å². The van der Waals surface area contributed by atoms with Gasteiger partial charge in [-0.25, -0.2) is 0 Å². The summed E-state index contributed by atoms with van der Waals surface area (Å²) in [6, 6.07) is 13.7. The number of rotatable bonds is 8. The number of fused-ring (bicyclic) bond motifs is 2. The number of anilines is 1. The van der Waals surface area contributed by atoms with E-state index in [-0.39, 0.29) is 37.3 Å². The maximum atomic E-state index is 15.1. The van der Waals surface area contributed by atoms with Crippen LogP contribution in [0.2, 0.25) is 0 Å². The molecule has 7 atom stereocenters. The van der Waals surface area contributed by atoms with Crippen LogP contribution in [0.15, 0.2) is 72.8 Å². The number of carbonyl (C=O) groups excluding carboxylic acids is 4. The largest absolute Gasteiger partial charge is 0.455 e. The molecular formula is C40H49N3O7. The van der Waals surface area contributed by atoms with Gasteiger partial charge < -0.3 is 29.3 Å². The number of aliphatic hydroxyl groups is 1. The van der Waals surface area contributed by atoms with Crippen LogP contribution >= 0.6 is 0 Å². The smallest absolute Gasteiger partial charge is 0.313 e. The fraction of sp³-hybridized carbons (Fsp3) is 0.500. The highest BCUT2D eigenvalue weighted by Gasteiger charge is 2.73. The number of para-hydroxylation sites is 1. The predicted molar refractivity (Wildman–Crippen MR) is 189 cm³/mol. The second-order valence-corrected chi connectivity index (χ2v) is 14.1. The van der Waals surface area contributed by atoms with Crippen LogP contribution in [0.4, 0.5) is 5.69 Å². The summed E-state index contributed by atoms with van der Waals surface area (Å²) in [5.41, 5.74) is 1.98. The number of allylic oxidation sites excluding steroid dienone is 1. The quantitative estimate of drug-likeness (QED) is 0.241. The zero-order valence-corrected chi connectivity index (χ0v) is 29.5. The average Bonchev–Trinajstić information content (AvgIpc) is 3.75. The Bertz CT molecular complexity index is 1640. The van der Waals surface area contributed by atoms with Crippen molar-refractivity contribution in [2.45, 2.75) is 89.2 Å². The first-order valence-corrected chi connectivity index (χ1v) is 17.9. The van der Waals surface area contributed by atoms with Crippen LogP contribution in [0.1, 0.15) is 68.2 Å². The Morgan fingerprint density at radius 1 is 0.900 bits per heavy atom. The first-order valence-electron chi connectivity index (χ1n) is 17.9. The van der Waals surface area contributed by atoms with Crippen LogP contribution in [0.25, 0.3) is 0 Å². The molecule has 6 rings (SSSR count). The molecular weight excluding hydrogens is 634 g/mol. The highest BCUT2D eigenvalue weighted by Crippen LogP contribution is 2.56. The number of unbranched alkanes of at least 4 members (excludes halogenated alkanes) is 3. The second kappa shape index (κ2) is 14.9. The molecule has 0 saturated carbocycles. The van der Waals surface area contributed by atoms with Crippen LogP contribution < -0.4 is 4.90 Å². The molecule has 5 bridgehead atoms. The molecule has 2 aromatic rings. The minimum atomic E-state index is -1.35. The van der Waals surface area contributed by atoms with Crippen LogP contribution in [0, 0.1) is 25.7 Å². The van der Waals surface area contributed by atoms with E-state index in [1.807, 2.05) is 87.5 Å². The van der Waals surface area contributed by atoms with Crippen molar-refractivity contribution in [2.24, 2.45) is 11.8 Å². The molecule has 0 unspecified atom stereocenters. The summed E-state index contributed by atoms with van der Waals surface area (Å²) < 4.78 is 13.0. The van der Waals surface area contributed by atoms with Gasteiger partial charge in [0.05, 0.1) is 18.1 Å². The summed E-state index contributed by atoms with van der Waals surface area (Å²) in [6.07, 6.45) is 9.52. The molecule has 0 radical (unpaired) electrons. The van der Waals surface area contributed by atoms with Gasteiger partial charge in [0.25, 0.3) is 5.91 Å². The van der Waals surface area contributed by atoms with Gasteiger partial charge in [-0.05, 0) is 56.7 Å². The zero-order valence-electron chi connectivity index (χ0n) is 29.5. The number of hydrogen-bond donors (Lipinski definition) is 1. The number of esters is 1. The molecule has 4 aliphatic heterocycles. The molecule has 1 N–H and O–H groups in total. The molecule has 50 heavy (non-hydrogen) atoms. The van der Waals surface area contributed by atoms with E-state index < -0.39 is 47.7 Å². The van der Waals surface area contributed by atoms with Crippen molar-refractivity contribution in [1.82, 2.24) is 9.80 Å². The molecule has 10 heteroatoms. The summed E-state index contributed by atoms with van der Waals surface area (Å²) in [5, 5.41) is 9.31. The van der Waals surface area contributed by atoms with Crippen molar-refractivity contribution in [3.8, 4) is 0 Å². The van der Waals surface area contributed by atoms with Gasteiger partial charge in [-0.2, -0.15) is 0 Å². The van der Waals surface area contributed by atoms with E-state index >= 15 is 4.79 Å². The maximum Gasteiger partial charge on any atom is 0.313 e. The number of hydrogen-bond acceptors (Lipinski definition) is 7. The minimum Gasteiger partial charge on any atom is -0.455 e. The van der Waals surface area contributed by atoms with Crippen LogP contribution in [0.5, 0.6) is 0 Å². The molecule has 0 aromatic heterocycles. The number of amides is 3. The van der Waals surface area contributed by atoms with Crippen molar-refractivity contribution >= 4 is 29.4 Å². The van der Waals surface area contributed by atoms with Gasteiger partial charge >= 0.3 is 5.97 Å². The number of aryl methyl sites for hydroxylation is 2. The third-order valence-electron chi connectivity index (χ3n) is 11.0. The third-order valence-corrected chi connectivity index (χ3v) is 11.0. The van der Waals surface area contributed by atoms with Gasteiger partial charge in [-0.3, -0.25) is 19.2 Å². The van der Waals surface area contributed by atoms with Crippen molar-refractivity contribution < 1.29 is 33.8 Å². The first kappa shape index (κ1) is 35.5. The lowest BCUT2D eigenvalue weighted by Gasteiger charge is -2.37. The van der Waals surface area contributed by atoms with Crippen LogP contribution in [0.3, 0.4) is 0 Å². The van der Waals surface area contributed by atoms with E-state index in [2.05, 4.69) is 0 Å². The van der Waals surface area contributed by atoms with Crippen molar-refractivity contribution in [3.63, 3.8) is 0 Å². The molecule has 1 spiro atoms. The Morgan fingerprint density at radius 3 is 2.34 bits per heavy atom. The van der Waals surface area contributed by atoms with Gasteiger partial charge in [-0.15, -0.1) is 0 Å². The fourth-order valence-corrected chi connectivity index (χ4v) is 8.28. The molecule has 4 heterocycles. The number of carbonyl (C=O) groups is 4. The number of cyclic esters (lactones) is 1. The molecule has 4 aliphatic rings. The molecule has 3 amide bonds. The number of ether oxygens (including phenoxy) is 2. The Labute approximate surface area is 294 Å². The van der Waals surface area contributed by atoms with Gasteiger partial charge in [0, 0.05) is 38.9 Å². The molecule has 2 fully saturated rings. The SMILES string of the molecule is Cc1cccc(C)c1N1C/C=C\CCC(=O)N(C)[C@@H](C)[C@H](c2ccccc2)OC(=O)[C@@H]2[C@H]3C(=O)N(CCCCCCO)[C@H](C1=O)[C@]31C=C[C@H]2O1. The molecule has 10 nitrogen and oxygen atoms in total.